The maximum Gasteiger partial charge on any atom is 0.242 e. The topological polar surface area (TPSA) is 78.4 Å². The van der Waals surface area contributed by atoms with Crippen LogP contribution in [0.1, 0.15) is 69.0 Å². The summed E-state index contributed by atoms with van der Waals surface area (Å²) in [6.45, 7) is 1.73. The van der Waals surface area contributed by atoms with Gasteiger partial charge in [-0.1, -0.05) is 31.4 Å². The SMILES string of the molecule is C[C@@H](NC(=O)CC1CCCCC1)C(=O)N[C@H]1CCc2c(O)cccc21. The zero-order valence-corrected chi connectivity index (χ0v) is 14.9. The van der Waals surface area contributed by atoms with Crippen molar-refractivity contribution in [2.75, 3.05) is 0 Å². The molecular weight excluding hydrogens is 316 g/mol. The second kappa shape index (κ2) is 7.89. The lowest BCUT2D eigenvalue weighted by Crippen LogP contribution is -2.46. The molecule has 0 radical (unpaired) electrons. The zero-order valence-electron chi connectivity index (χ0n) is 14.9. The maximum atomic E-state index is 12.4. The van der Waals surface area contributed by atoms with Crippen molar-refractivity contribution in [3.05, 3.63) is 29.3 Å². The molecular formula is C20H28N2O3. The average Bonchev–Trinajstić information content (AvgIpc) is 3.00. The first-order valence-electron chi connectivity index (χ1n) is 9.45. The van der Waals surface area contributed by atoms with Crippen molar-refractivity contribution in [3.8, 4) is 5.75 Å². The molecule has 1 fully saturated rings. The summed E-state index contributed by atoms with van der Waals surface area (Å²) in [4.78, 5) is 24.6. The van der Waals surface area contributed by atoms with E-state index in [0.717, 1.165) is 36.8 Å². The summed E-state index contributed by atoms with van der Waals surface area (Å²) >= 11 is 0. The molecule has 0 heterocycles. The summed E-state index contributed by atoms with van der Waals surface area (Å²) in [7, 11) is 0. The van der Waals surface area contributed by atoms with Crippen LogP contribution >= 0.6 is 0 Å². The number of amides is 2. The highest BCUT2D eigenvalue weighted by Crippen LogP contribution is 2.36. The van der Waals surface area contributed by atoms with Gasteiger partial charge in [-0.3, -0.25) is 9.59 Å². The molecule has 0 aliphatic heterocycles. The summed E-state index contributed by atoms with van der Waals surface area (Å²) < 4.78 is 0. The predicted molar refractivity (Wildman–Crippen MR) is 96.1 cm³/mol. The number of hydrogen-bond donors (Lipinski definition) is 3. The van der Waals surface area contributed by atoms with E-state index in [-0.39, 0.29) is 17.9 Å². The maximum absolute atomic E-state index is 12.4. The van der Waals surface area contributed by atoms with Crippen LogP contribution in [0, 0.1) is 5.92 Å². The van der Waals surface area contributed by atoms with Crippen LogP contribution in [0.4, 0.5) is 0 Å². The Hall–Kier alpha value is -2.04. The highest BCUT2D eigenvalue weighted by molar-refractivity contribution is 5.87. The minimum atomic E-state index is -0.544. The molecule has 0 bridgehead atoms. The van der Waals surface area contributed by atoms with Crippen molar-refractivity contribution in [2.24, 2.45) is 5.92 Å². The van der Waals surface area contributed by atoms with Crippen LogP contribution in [0.5, 0.6) is 5.75 Å². The Bertz CT molecular complexity index is 638. The molecule has 1 aromatic carbocycles. The molecule has 2 atom stereocenters. The molecule has 0 spiro atoms. The van der Waals surface area contributed by atoms with Gasteiger partial charge in [0.05, 0.1) is 6.04 Å². The number of phenols is 1. The number of phenolic OH excluding ortho intramolecular Hbond substituents is 1. The molecule has 2 aliphatic carbocycles. The van der Waals surface area contributed by atoms with Gasteiger partial charge in [-0.25, -0.2) is 0 Å². The number of rotatable bonds is 5. The largest absolute Gasteiger partial charge is 0.508 e. The van der Waals surface area contributed by atoms with E-state index in [4.69, 9.17) is 0 Å². The van der Waals surface area contributed by atoms with Crippen molar-refractivity contribution in [1.29, 1.82) is 0 Å². The zero-order chi connectivity index (χ0) is 17.8. The third-order valence-corrected chi connectivity index (χ3v) is 5.53. The van der Waals surface area contributed by atoms with E-state index < -0.39 is 6.04 Å². The number of carbonyl (C=O) groups excluding carboxylic acids is 2. The third-order valence-electron chi connectivity index (χ3n) is 5.53. The van der Waals surface area contributed by atoms with Gasteiger partial charge in [0, 0.05) is 6.42 Å². The van der Waals surface area contributed by atoms with Crippen molar-refractivity contribution in [2.45, 2.75) is 70.4 Å². The smallest absolute Gasteiger partial charge is 0.242 e. The van der Waals surface area contributed by atoms with E-state index in [1.54, 1.807) is 19.1 Å². The number of aromatic hydroxyl groups is 1. The van der Waals surface area contributed by atoms with Gasteiger partial charge in [-0.05, 0) is 55.7 Å². The van der Waals surface area contributed by atoms with Crippen molar-refractivity contribution >= 4 is 11.8 Å². The first-order valence-corrected chi connectivity index (χ1v) is 9.45. The van der Waals surface area contributed by atoms with Gasteiger partial charge in [0.2, 0.25) is 11.8 Å². The predicted octanol–water partition coefficient (Wildman–Crippen LogP) is 2.97. The van der Waals surface area contributed by atoms with Crippen LogP contribution in [-0.4, -0.2) is 23.0 Å². The fourth-order valence-corrected chi connectivity index (χ4v) is 4.10. The Balaban J connectivity index is 1.50. The molecule has 0 unspecified atom stereocenters. The quantitative estimate of drug-likeness (QED) is 0.768. The molecule has 3 N–H and O–H groups in total. The number of nitrogens with one attached hydrogen (secondary N) is 2. The lowest BCUT2D eigenvalue weighted by molar-refractivity contribution is -0.129. The Kier molecular flexibility index (Phi) is 5.61. The minimum absolute atomic E-state index is 0.0287. The van der Waals surface area contributed by atoms with Crippen molar-refractivity contribution < 1.29 is 14.7 Å². The van der Waals surface area contributed by atoms with Gasteiger partial charge in [-0.15, -0.1) is 0 Å². The van der Waals surface area contributed by atoms with E-state index >= 15 is 0 Å². The van der Waals surface area contributed by atoms with E-state index in [2.05, 4.69) is 10.6 Å². The van der Waals surface area contributed by atoms with Crippen LogP contribution in [0.3, 0.4) is 0 Å². The number of carbonyl (C=O) groups is 2. The number of fused-ring (bicyclic) bond motifs is 1. The first-order chi connectivity index (χ1) is 12.0. The monoisotopic (exact) mass is 344 g/mol. The van der Waals surface area contributed by atoms with Gasteiger partial charge < -0.3 is 15.7 Å². The minimum Gasteiger partial charge on any atom is -0.508 e. The summed E-state index contributed by atoms with van der Waals surface area (Å²) in [5.74, 6) is 0.564. The van der Waals surface area contributed by atoms with Crippen LogP contribution in [-0.2, 0) is 16.0 Å². The third kappa shape index (κ3) is 4.33. The Labute approximate surface area is 149 Å². The van der Waals surface area contributed by atoms with E-state index in [9.17, 15) is 14.7 Å². The summed E-state index contributed by atoms with van der Waals surface area (Å²) in [6, 6.07) is 4.79. The summed E-state index contributed by atoms with van der Waals surface area (Å²) in [5, 5.41) is 15.7. The molecule has 1 saturated carbocycles. The van der Waals surface area contributed by atoms with Gasteiger partial charge in [0.25, 0.3) is 0 Å². The molecule has 2 aliphatic rings. The highest BCUT2D eigenvalue weighted by Gasteiger charge is 2.28. The molecule has 0 saturated heterocycles. The van der Waals surface area contributed by atoms with Crippen molar-refractivity contribution in [1.82, 2.24) is 10.6 Å². The molecule has 25 heavy (non-hydrogen) atoms. The van der Waals surface area contributed by atoms with E-state index in [1.165, 1.54) is 19.3 Å². The number of hydrogen-bond acceptors (Lipinski definition) is 3. The Morgan fingerprint density at radius 2 is 1.96 bits per heavy atom. The van der Waals surface area contributed by atoms with Gasteiger partial charge in [0.15, 0.2) is 0 Å². The summed E-state index contributed by atoms with van der Waals surface area (Å²) in [6.07, 6.45) is 8.00. The number of benzene rings is 1. The molecule has 1 aromatic rings. The molecule has 0 aromatic heterocycles. The Morgan fingerprint density at radius 3 is 2.72 bits per heavy atom. The average molecular weight is 344 g/mol. The highest BCUT2D eigenvalue weighted by atomic mass is 16.3. The fraction of sp³-hybridized carbons (Fsp3) is 0.600. The van der Waals surface area contributed by atoms with Crippen LogP contribution in [0.25, 0.3) is 0 Å². The van der Waals surface area contributed by atoms with Gasteiger partial charge >= 0.3 is 0 Å². The second-order valence-electron chi connectivity index (χ2n) is 7.44. The van der Waals surface area contributed by atoms with E-state index in [1.807, 2.05) is 6.07 Å². The van der Waals surface area contributed by atoms with Crippen molar-refractivity contribution in [3.63, 3.8) is 0 Å². The lowest BCUT2D eigenvalue weighted by Gasteiger charge is -2.23. The van der Waals surface area contributed by atoms with Crippen LogP contribution in [0.2, 0.25) is 0 Å². The fourth-order valence-electron chi connectivity index (χ4n) is 4.10. The normalized spacial score (nSPS) is 21.4. The standard InChI is InChI=1S/C20H28N2O3/c1-13(21-19(24)12-14-6-3-2-4-7-14)20(25)22-17-11-10-16-15(17)8-5-9-18(16)23/h5,8-9,13-14,17,23H,2-4,6-7,10-12H2,1H3,(H,21,24)(H,22,25)/t13-,17+/m1/s1. The lowest BCUT2D eigenvalue weighted by atomic mass is 9.87. The van der Waals surface area contributed by atoms with Crippen LogP contribution < -0.4 is 10.6 Å². The van der Waals surface area contributed by atoms with Crippen LogP contribution in [0.15, 0.2) is 18.2 Å². The molecule has 2 amide bonds. The first kappa shape index (κ1) is 17.8. The van der Waals surface area contributed by atoms with Gasteiger partial charge in [-0.2, -0.15) is 0 Å². The molecule has 3 rings (SSSR count). The molecule has 5 heteroatoms. The molecule has 5 nitrogen and oxygen atoms in total. The molecule has 136 valence electrons. The second-order valence-corrected chi connectivity index (χ2v) is 7.44. The van der Waals surface area contributed by atoms with E-state index in [0.29, 0.717) is 18.1 Å². The van der Waals surface area contributed by atoms with Gasteiger partial charge in [0.1, 0.15) is 11.8 Å². The Morgan fingerprint density at radius 1 is 1.20 bits per heavy atom. The summed E-state index contributed by atoms with van der Waals surface area (Å²) in [5.41, 5.74) is 1.90.